The van der Waals surface area contributed by atoms with Gasteiger partial charge in [-0.05, 0) is 42.6 Å². The Morgan fingerprint density at radius 1 is 1.41 bits per heavy atom. The summed E-state index contributed by atoms with van der Waals surface area (Å²) in [5, 5.41) is 13.0. The highest BCUT2D eigenvalue weighted by atomic mass is 32.2. The van der Waals surface area contributed by atoms with Gasteiger partial charge in [0, 0.05) is 6.54 Å². The molecule has 2 aromatic rings. The van der Waals surface area contributed by atoms with Crippen LogP contribution in [0.2, 0.25) is 0 Å². The average molecular weight is 341 g/mol. The number of nitrogens with one attached hydrogen (secondary N) is 1. The van der Waals surface area contributed by atoms with Crippen LogP contribution in [0.25, 0.3) is 0 Å². The molecule has 0 radical (unpaired) electrons. The second kappa shape index (κ2) is 6.51. The van der Waals surface area contributed by atoms with Gasteiger partial charge in [-0.25, -0.2) is 17.9 Å². The Morgan fingerprint density at radius 2 is 2.14 bits per heavy atom. The Labute approximate surface area is 132 Å². The van der Waals surface area contributed by atoms with E-state index in [-0.39, 0.29) is 17.0 Å². The second-order valence-electron chi connectivity index (χ2n) is 4.58. The van der Waals surface area contributed by atoms with Gasteiger partial charge in [0.15, 0.2) is 0 Å². The van der Waals surface area contributed by atoms with Crippen LogP contribution in [0.15, 0.2) is 23.1 Å². The van der Waals surface area contributed by atoms with Gasteiger partial charge < -0.3 is 5.11 Å². The molecule has 0 amide bonds. The molecule has 1 aromatic heterocycles. The van der Waals surface area contributed by atoms with Crippen LogP contribution in [0.1, 0.15) is 33.4 Å². The summed E-state index contributed by atoms with van der Waals surface area (Å²) in [4.78, 5) is 11.9. The van der Waals surface area contributed by atoms with Crippen molar-refractivity contribution in [2.24, 2.45) is 0 Å². The number of hydrogen-bond acceptors (Lipinski definition) is 6. The minimum atomic E-state index is -3.80. The molecule has 1 heterocycles. The van der Waals surface area contributed by atoms with E-state index >= 15 is 0 Å². The van der Waals surface area contributed by atoms with E-state index in [9.17, 15) is 18.3 Å². The molecule has 0 spiro atoms. The molecule has 0 aliphatic heterocycles. The maximum Gasteiger partial charge on any atom is 0.336 e. The molecule has 0 fully saturated rings. The number of carboxylic acid groups (broad SMARTS) is 1. The highest BCUT2D eigenvalue weighted by Crippen LogP contribution is 2.18. The molecule has 1 aromatic carbocycles. The third-order valence-corrected chi connectivity index (χ3v) is 5.39. The fourth-order valence-corrected chi connectivity index (χ4v) is 3.57. The van der Waals surface area contributed by atoms with E-state index in [0.29, 0.717) is 22.6 Å². The van der Waals surface area contributed by atoms with Crippen molar-refractivity contribution >= 4 is 27.5 Å². The van der Waals surface area contributed by atoms with E-state index < -0.39 is 16.0 Å². The number of aromatic nitrogens is 2. The normalized spacial score (nSPS) is 11.5. The zero-order valence-corrected chi connectivity index (χ0v) is 13.7. The van der Waals surface area contributed by atoms with Crippen molar-refractivity contribution in [3.63, 3.8) is 0 Å². The highest BCUT2D eigenvalue weighted by Gasteiger charge is 2.19. The molecule has 0 bridgehead atoms. The first-order valence-electron chi connectivity index (χ1n) is 6.49. The lowest BCUT2D eigenvalue weighted by Crippen LogP contribution is -2.23. The molecule has 0 aliphatic carbocycles. The van der Waals surface area contributed by atoms with Crippen LogP contribution in [0, 0.1) is 6.92 Å². The monoisotopic (exact) mass is 341 g/mol. The van der Waals surface area contributed by atoms with Crippen molar-refractivity contribution in [2.75, 3.05) is 0 Å². The van der Waals surface area contributed by atoms with Crippen molar-refractivity contribution in [1.29, 1.82) is 0 Å². The third kappa shape index (κ3) is 3.49. The van der Waals surface area contributed by atoms with Crippen molar-refractivity contribution in [3.8, 4) is 0 Å². The lowest BCUT2D eigenvalue weighted by Gasteiger charge is -2.09. The second-order valence-corrected chi connectivity index (χ2v) is 7.19. The number of carbonyl (C=O) groups is 1. The van der Waals surface area contributed by atoms with Gasteiger partial charge in [-0.15, -0.1) is 5.10 Å². The Balaban J connectivity index is 2.27. The third-order valence-electron chi connectivity index (χ3n) is 3.17. The van der Waals surface area contributed by atoms with Crippen LogP contribution in [0.5, 0.6) is 0 Å². The standard InChI is InChI=1S/C13H15N3O4S2/c1-3-9-4-5-10(6-11(9)13(17)18)22(19,20)14-7-12-8(2)15-16-21-12/h4-6,14H,3,7H2,1-2H3,(H,17,18). The quantitative estimate of drug-likeness (QED) is 0.826. The van der Waals surface area contributed by atoms with Gasteiger partial charge >= 0.3 is 5.97 Å². The van der Waals surface area contributed by atoms with E-state index in [0.717, 1.165) is 11.5 Å². The predicted molar refractivity (Wildman–Crippen MR) is 81.5 cm³/mol. The zero-order valence-electron chi connectivity index (χ0n) is 12.0. The first kappa shape index (κ1) is 16.5. The summed E-state index contributed by atoms with van der Waals surface area (Å²) < 4.78 is 30.7. The van der Waals surface area contributed by atoms with E-state index in [1.807, 2.05) is 6.92 Å². The lowest BCUT2D eigenvalue weighted by molar-refractivity contribution is 0.0695. The van der Waals surface area contributed by atoms with E-state index in [1.54, 1.807) is 6.92 Å². The van der Waals surface area contributed by atoms with Gasteiger partial charge in [-0.1, -0.05) is 17.5 Å². The summed E-state index contributed by atoms with van der Waals surface area (Å²) in [6.07, 6.45) is 0.515. The Morgan fingerprint density at radius 3 is 2.68 bits per heavy atom. The van der Waals surface area contributed by atoms with Crippen LogP contribution in [0.3, 0.4) is 0 Å². The van der Waals surface area contributed by atoms with Gasteiger partial charge in [0.25, 0.3) is 0 Å². The van der Waals surface area contributed by atoms with E-state index in [4.69, 9.17) is 0 Å². The molecule has 2 N–H and O–H groups in total. The number of rotatable bonds is 6. The summed E-state index contributed by atoms with van der Waals surface area (Å²) in [6.45, 7) is 3.63. The highest BCUT2D eigenvalue weighted by molar-refractivity contribution is 7.89. The van der Waals surface area contributed by atoms with Gasteiger partial charge in [0.2, 0.25) is 10.0 Å². The smallest absolute Gasteiger partial charge is 0.336 e. The van der Waals surface area contributed by atoms with Gasteiger partial charge in [0.05, 0.1) is 21.0 Å². The number of aromatic carboxylic acids is 1. The largest absolute Gasteiger partial charge is 0.478 e. The molecule has 0 unspecified atom stereocenters. The minimum absolute atomic E-state index is 0.000938. The number of nitrogens with zero attached hydrogens (tertiary/aromatic N) is 2. The Hall–Kier alpha value is -1.84. The molecular weight excluding hydrogens is 326 g/mol. The number of hydrogen-bond donors (Lipinski definition) is 2. The predicted octanol–water partition coefficient (Wildman–Crippen LogP) is 1.59. The molecule has 9 heteroatoms. The molecular formula is C13H15N3O4S2. The maximum absolute atomic E-state index is 12.3. The average Bonchev–Trinajstić information content (AvgIpc) is 2.89. The lowest BCUT2D eigenvalue weighted by atomic mass is 10.1. The summed E-state index contributed by atoms with van der Waals surface area (Å²) >= 11 is 1.12. The van der Waals surface area contributed by atoms with E-state index in [2.05, 4.69) is 14.3 Å². The molecule has 0 saturated heterocycles. The van der Waals surface area contributed by atoms with Gasteiger partial charge in [0.1, 0.15) is 0 Å². The van der Waals surface area contributed by atoms with Crippen LogP contribution < -0.4 is 4.72 Å². The first-order chi connectivity index (χ1) is 10.3. The summed E-state index contributed by atoms with van der Waals surface area (Å²) in [6, 6.07) is 4.12. The van der Waals surface area contributed by atoms with Gasteiger partial charge in [-0.3, -0.25) is 0 Å². The van der Waals surface area contributed by atoms with Gasteiger partial charge in [-0.2, -0.15) is 0 Å². The fraction of sp³-hybridized carbons (Fsp3) is 0.308. The molecule has 118 valence electrons. The number of aryl methyl sites for hydroxylation is 2. The summed E-state index contributed by atoms with van der Waals surface area (Å²) in [5.74, 6) is -1.14. The molecule has 2 rings (SSSR count). The molecule has 22 heavy (non-hydrogen) atoms. The molecule has 0 atom stereocenters. The van der Waals surface area contributed by atoms with Crippen molar-refractivity contribution in [3.05, 3.63) is 39.9 Å². The zero-order chi connectivity index (χ0) is 16.3. The number of sulfonamides is 1. The first-order valence-corrected chi connectivity index (χ1v) is 8.74. The topological polar surface area (TPSA) is 109 Å². The van der Waals surface area contributed by atoms with Crippen molar-refractivity contribution in [2.45, 2.75) is 31.7 Å². The van der Waals surface area contributed by atoms with Crippen LogP contribution in [0.4, 0.5) is 0 Å². The molecule has 0 aliphatic rings. The Kier molecular flexibility index (Phi) is 4.89. The maximum atomic E-state index is 12.3. The number of benzene rings is 1. The molecule has 0 saturated carbocycles. The van der Waals surface area contributed by atoms with Crippen LogP contribution in [-0.2, 0) is 23.0 Å². The summed E-state index contributed by atoms with van der Waals surface area (Å²) in [5.41, 5.74) is 1.26. The van der Waals surface area contributed by atoms with Crippen LogP contribution in [-0.4, -0.2) is 29.1 Å². The van der Waals surface area contributed by atoms with Crippen molar-refractivity contribution < 1.29 is 18.3 Å². The van der Waals surface area contributed by atoms with Crippen molar-refractivity contribution in [1.82, 2.24) is 14.3 Å². The molecule has 7 nitrogen and oxygen atoms in total. The van der Waals surface area contributed by atoms with E-state index in [1.165, 1.54) is 18.2 Å². The fourth-order valence-electron chi connectivity index (χ4n) is 1.89. The number of carboxylic acids is 1. The Bertz CT molecular complexity index is 799. The minimum Gasteiger partial charge on any atom is -0.478 e. The SMILES string of the molecule is CCc1ccc(S(=O)(=O)NCc2snnc2C)cc1C(=O)O. The van der Waals surface area contributed by atoms with Crippen LogP contribution >= 0.6 is 11.5 Å². The summed E-state index contributed by atoms with van der Waals surface area (Å²) in [7, 11) is -3.80.